The summed E-state index contributed by atoms with van der Waals surface area (Å²) >= 11 is 1.70. The first-order chi connectivity index (χ1) is 15.7. The Kier molecular flexibility index (Phi) is 5.91. The minimum atomic E-state index is 0.381. The minimum Gasteiger partial charge on any atom is -0.378 e. The third-order valence-corrected chi connectivity index (χ3v) is 6.09. The molecule has 8 nitrogen and oxygen atoms in total. The molecule has 0 unspecified atom stereocenters. The molecule has 162 valence electrons. The van der Waals surface area contributed by atoms with E-state index in [2.05, 4.69) is 60.1 Å². The van der Waals surface area contributed by atoms with Crippen LogP contribution in [0.25, 0.3) is 10.1 Å². The average molecular weight is 446 g/mol. The summed E-state index contributed by atoms with van der Waals surface area (Å²) in [5.41, 5.74) is 6.13. The van der Waals surface area contributed by atoms with Crippen LogP contribution in [0.15, 0.2) is 59.0 Å². The third-order valence-electron chi connectivity index (χ3n) is 5.10. The molecule has 4 aromatic rings. The second kappa shape index (κ2) is 9.29. The van der Waals surface area contributed by atoms with Gasteiger partial charge >= 0.3 is 0 Å². The van der Waals surface area contributed by atoms with Gasteiger partial charge in [-0.25, -0.2) is 5.43 Å². The van der Waals surface area contributed by atoms with Gasteiger partial charge in [0.25, 0.3) is 0 Å². The average Bonchev–Trinajstić information content (AvgIpc) is 3.24. The van der Waals surface area contributed by atoms with Crippen LogP contribution >= 0.6 is 11.3 Å². The van der Waals surface area contributed by atoms with E-state index < -0.39 is 0 Å². The van der Waals surface area contributed by atoms with Crippen LogP contribution in [0.5, 0.6) is 0 Å². The van der Waals surface area contributed by atoms with Crippen LogP contribution in [0.2, 0.25) is 0 Å². The number of morpholine rings is 1. The van der Waals surface area contributed by atoms with Gasteiger partial charge in [0.2, 0.25) is 17.8 Å². The number of benzene rings is 2. The fourth-order valence-corrected chi connectivity index (χ4v) is 4.31. The highest BCUT2D eigenvalue weighted by Crippen LogP contribution is 2.24. The van der Waals surface area contributed by atoms with Crippen molar-refractivity contribution in [3.8, 4) is 0 Å². The molecule has 2 N–H and O–H groups in total. The lowest BCUT2D eigenvalue weighted by atomic mass is 10.2. The van der Waals surface area contributed by atoms with E-state index in [4.69, 9.17) is 4.74 Å². The number of hydrogen-bond donors (Lipinski definition) is 2. The van der Waals surface area contributed by atoms with E-state index in [9.17, 15) is 0 Å². The lowest BCUT2D eigenvalue weighted by Gasteiger charge is -2.27. The van der Waals surface area contributed by atoms with Crippen molar-refractivity contribution >= 4 is 51.2 Å². The number of hydrogen-bond acceptors (Lipinski definition) is 9. The van der Waals surface area contributed by atoms with Gasteiger partial charge in [-0.15, -0.1) is 11.3 Å². The predicted octanol–water partition coefficient (Wildman–Crippen LogP) is 4.42. The Morgan fingerprint density at radius 2 is 1.78 bits per heavy atom. The Morgan fingerprint density at radius 1 is 1.00 bits per heavy atom. The molecule has 5 rings (SSSR count). The number of fused-ring (bicyclic) bond motifs is 1. The van der Waals surface area contributed by atoms with Crippen LogP contribution in [0, 0.1) is 6.92 Å². The maximum absolute atomic E-state index is 5.46. The van der Waals surface area contributed by atoms with Crippen molar-refractivity contribution in [1.82, 2.24) is 15.0 Å². The molecule has 0 radical (unpaired) electrons. The maximum Gasteiger partial charge on any atom is 0.250 e. The first kappa shape index (κ1) is 20.3. The summed E-state index contributed by atoms with van der Waals surface area (Å²) in [6.07, 6.45) is 1.80. The van der Waals surface area contributed by atoms with E-state index in [1.54, 1.807) is 17.6 Å². The van der Waals surface area contributed by atoms with Gasteiger partial charge in [-0.3, -0.25) is 0 Å². The van der Waals surface area contributed by atoms with Gasteiger partial charge in [0.15, 0.2) is 0 Å². The number of hydrazone groups is 1. The van der Waals surface area contributed by atoms with Gasteiger partial charge in [-0.05, 0) is 25.1 Å². The Labute approximate surface area is 190 Å². The van der Waals surface area contributed by atoms with E-state index >= 15 is 0 Å². The maximum atomic E-state index is 5.46. The second-order valence-electron chi connectivity index (χ2n) is 7.43. The van der Waals surface area contributed by atoms with Crippen molar-refractivity contribution in [2.24, 2.45) is 5.10 Å². The van der Waals surface area contributed by atoms with Gasteiger partial charge in [0.05, 0.1) is 19.4 Å². The monoisotopic (exact) mass is 445 g/mol. The lowest BCUT2D eigenvalue weighted by Crippen LogP contribution is -2.37. The number of nitrogens with zero attached hydrogens (tertiary/aromatic N) is 5. The summed E-state index contributed by atoms with van der Waals surface area (Å²) in [6, 6.07) is 16.4. The zero-order chi connectivity index (χ0) is 21.8. The van der Waals surface area contributed by atoms with Gasteiger partial charge in [-0.2, -0.15) is 20.1 Å². The fraction of sp³-hybridized carbons (Fsp3) is 0.217. The van der Waals surface area contributed by atoms with Crippen molar-refractivity contribution in [3.05, 3.63) is 65.0 Å². The smallest absolute Gasteiger partial charge is 0.250 e. The van der Waals surface area contributed by atoms with Gasteiger partial charge in [0.1, 0.15) is 0 Å². The number of anilines is 4. The summed E-state index contributed by atoms with van der Waals surface area (Å²) < 4.78 is 6.69. The molecule has 1 aliphatic rings. The fourth-order valence-electron chi connectivity index (χ4n) is 3.40. The summed E-state index contributed by atoms with van der Waals surface area (Å²) in [4.78, 5) is 15.8. The van der Waals surface area contributed by atoms with Crippen LogP contribution in [0.1, 0.15) is 11.1 Å². The molecule has 0 aliphatic carbocycles. The normalized spacial score (nSPS) is 14.2. The van der Waals surface area contributed by atoms with Gasteiger partial charge < -0.3 is 15.0 Å². The lowest BCUT2D eigenvalue weighted by molar-refractivity contribution is 0.122. The molecule has 3 heterocycles. The zero-order valence-electron chi connectivity index (χ0n) is 17.7. The third kappa shape index (κ3) is 4.68. The zero-order valence-corrected chi connectivity index (χ0v) is 18.5. The van der Waals surface area contributed by atoms with Crippen LogP contribution in [0.4, 0.5) is 23.5 Å². The van der Waals surface area contributed by atoms with E-state index in [0.29, 0.717) is 31.1 Å². The molecule has 0 bridgehead atoms. The topological polar surface area (TPSA) is 87.6 Å². The molecule has 9 heteroatoms. The number of rotatable bonds is 6. The molecular formula is C23H23N7OS. The van der Waals surface area contributed by atoms with Crippen molar-refractivity contribution in [3.63, 3.8) is 0 Å². The highest BCUT2D eigenvalue weighted by Gasteiger charge is 2.16. The van der Waals surface area contributed by atoms with E-state index in [-0.39, 0.29) is 0 Å². The van der Waals surface area contributed by atoms with Crippen LogP contribution < -0.4 is 15.6 Å². The molecular weight excluding hydrogens is 422 g/mol. The highest BCUT2D eigenvalue weighted by molar-refractivity contribution is 7.17. The second-order valence-corrected chi connectivity index (χ2v) is 8.34. The van der Waals surface area contributed by atoms with Crippen molar-refractivity contribution < 1.29 is 4.74 Å². The number of thiophene rings is 1. The highest BCUT2D eigenvalue weighted by atomic mass is 32.1. The molecule has 0 saturated carbocycles. The summed E-state index contributed by atoms with van der Waals surface area (Å²) in [5.74, 6) is 1.44. The molecule has 0 amide bonds. The van der Waals surface area contributed by atoms with E-state index in [1.165, 1.54) is 15.6 Å². The molecule has 2 aromatic heterocycles. The Balaban J connectivity index is 1.40. The largest absolute Gasteiger partial charge is 0.378 e. The minimum absolute atomic E-state index is 0.381. The number of aromatic nitrogens is 3. The Bertz CT molecular complexity index is 1230. The molecule has 0 spiro atoms. The number of ether oxygens (including phenoxy) is 1. The molecule has 2 aromatic carbocycles. The summed E-state index contributed by atoms with van der Waals surface area (Å²) in [6.45, 7) is 4.83. The Hall–Kier alpha value is -3.56. The van der Waals surface area contributed by atoms with E-state index in [1.807, 2.05) is 36.4 Å². The summed E-state index contributed by atoms with van der Waals surface area (Å²) in [7, 11) is 0. The standard InChI is InChI=1S/C23H23N7OS/c1-16-6-8-18(9-7-16)25-21-26-22(28-23(27-21)30-10-12-31-13-11-30)29-24-14-17-15-32-20-5-3-2-4-19(17)20/h2-9,14-15H,10-13H2,1H3,(H2,25,26,27,28,29). The van der Waals surface area contributed by atoms with Crippen LogP contribution in [-0.2, 0) is 4.74 Å². The van der Waals surface area contributed by atoms with Crippen molar-refractivity contribution in [2.75, 3.05) is 41.9 Å². The quantitative estimate of drug-likeness (QED) is 0.335. The SMILES string of the molecule is Cc1ccc(Nc2nc(NN=Cc3csc4ccccc34)nc(N3CCOCC3)n2)cc1. The predicted molar refractivity (Wildman–Crippen MR) is 130 cm³/mol. The van der Waals surface area contributed by atoms with E-state index in [0.717, 1.165) is 24.3 Å². The van der Waals surface area contributed by atoms with Crippen molar-refractivity contribution in [2.45, 2.75) is 6.92 Å². The first-order valence-electron chi connectivity index (χ1n) is 10.4. The van der Waals surface area contributed by atoms with Crippen LogP contribution in [0.3, 0.4) is 0 Å². The molecule has 1 aliphatic heterocycles. The van der Waals surface area contributed by atoms with Gasteiger partial charge in [-0.1, -0.05) is 35.9 Å². The molecule has 1 saturated heterocycles. The Morgan fingerprint density at radius 3 is 2.62 bits per heavy atom. The number of nitrogens with one attached hydrogen (secondary N) is 2. The molecule has 32 heavy (non-hydrogen) atoms. The van der Waals surface area contributed by atoms with Crippen LogP contribution in [-0.4, -0.2) is 47.5 Å². The molecule has 0 atom stereocenters. The number of aryl methyl sites for hydroxylation is 1. The first-order valence-corrected chi connectivity index (χ1v) is 11.3. The summed E-state index contributed by atoms with van der Waals surface area (Å²) in [5, 5.41) is 10.9. The van der Waals surface area contributed by atoms with Gasteiger partial charge in [0, 0.05) is 39.8 Å². The van der Waals surface area contributed by atoms with Crippen molar-refractivity contribution in [1.29, 1.82) is 0 Å². The molecule has 1 fully saturated rings.